The third-order valence-corrected chi connectivity index (χ3v) is 1.60. The van der Waals surface area contributed by atoms with Gasteiger partial charge in [0.05, 0.1) is 5.70 Å². The van der Waals surface area contributed by atoms with Crippen LogP contribution in [0.1, 0.15) is 0 Å². The van der Waals surface area contributed by atoms with Gasteiger partial charge in [0.1, 0.15) is 23.4 Å². The average molecular weight is 154 g/mol. The normalized spacial score (nSPS) is 18.2. The first-order valence-corrected chi connectivity index (χ1v) is 3.25. The van der Waals surface area contributed by atoms with Gasteiger partial charge in [-0.25, -0.2) is 4.99 Å². The number of nitriles is 2. The first-order valence-electron chi connectivity index (χ1n) is 3.25. The molecular formula is C8H2N4. The molecule has 0 saturated carbocycles. The standard InChI is InChI=1S/C8H2N4/c9-3-5-7(4-10)12-6-1-2-11-8(5)6/h1-2H. The summed E-state index contributed by atoms with van der Waals surface area (Å²) in [4.78, 5) is 7.84. The van der Waals surface area contributed by atoms with Crippen LogP contribution in [0, 0.1) is 22.7 Å². The molecule has 2 aliphatic rings. The lowest BCUT2D eigenvalue weighted by molar-refractivity contribution is 1.32. The van der Waals surface area contributed by atoms with Gasteiger partial charge in [-0.1, -0.05) is 0 Å². The number of rotatable bonds is 0. The molecule has 0 spiro atoms. The van der Waals surface area contributed by atoms with Gasteiger partial charge in [0.2, 0.25) is 0 Å². The van der Waals surface area contributed by atoms with Crippen LogP contribution in [0.3, 0.4) is 0 Å². The molecule has 0 bridgehead atoms. The van der Waals surface area contributed by atoms with E-state index in [-0.39, 0.29) is 11.3 Å². The topological polar surface area (TPSA) is 72.3 Å². The van der Waals surface area contributed by atoms with Crippen LogP contribution in [-0.4, -0.2) is 11.9 Å². The van der Waals surface area contributed by atoms with E-state index in [9.17, 15) is 0 Å². The van der Waals surface area contributed by atoms with Crippen LogP contribution < -0.4 is 0 Å². The average Bonchev–Trinajstić information content (AvgIpc) is 2.61. The largest absolute Gasteiger partial charge is 0.253 e. The van der Waals surface area contributed by atoms with Crippen molar-refractivity contribution in [1.29, 1.82) is 10.5 Å². The molecule has 0 saturated heterocycles. The Morgan fingerprint density at radius 3 is 2.75 bits per heavy atom. The van der Waals surface area contributed by atoms with Crippen LogP contribution in [0.25, 0.3) is 0 Å². The Labute approximate surface area is 68.5 Å². The van der Waals surface area contributed by atoms with Crippen molar-refractivity contribution in [2.24, 2.45) is 9.98 Å². The summed E-state index contributed by atoms with van der Waals surface area (Å²) in [6, 6.07) is 3.76. The fraction of sp³-hybridized carbons (Fsp3) is 0. The Kier molecular flexibility index (Phi) is 1.16. The van der Waals surface area contributed by atoms with Gasteiger partial charge in [-0.2, -0.15) is 10.5 Å². The van der Waals surface area contributed by atoms with E-state index in [4.69, 9.17) is 10.5 Å². The predicted molar refractivity (Wildman–Crippen MR) is 42.3 cm³/mol. The SMILES string of the molecule is N#CC1=NC2=CC=NC2=C1C#N. The van der Waals surface area contributed by atoms with Crippen LogP contribution in [0.2, 0.25) is 0 Å². The van der Waals surface area contributed by atoms with Gasteiger partial charge in [0.25, 0.3) is 0 Å². The lowest BCUT2D eigenvalue weighted by atomic mass is 10.2. The number of hydrogen-bond donors (Lipinski definition) is 0. The van der Waals surface area contributed by atoms with E-state index in [2.05, 4.69) is 9.98 Å². The minimum atomic E-state index is 0.163. The summed E-state index contributed by atoms with van der Waals surface area (Å²) >= 11 is 0. The molecule has 0 aromatic rings. The summed E-state index contributed by atoms with van der Waals surface area (Å²) in [5, 5.41) is 17.3. The van der Waals surface area contributed by atoms with Crippen molar-refractivity contribution in [1.82, 2.24) is 0 Å². The molecule has 12 heavy (non-hydrogen) atoms. The smallest absolute Gasteiger partial charge is 0.161 e. The monoisotopic (exact) mass is 154 g/mol. The van der Waals surface area contributed by atoms with Crippen LogP contribution in [0.15, 0.2) is 33.0 Å². The fourth-order valence-corrected chi connectivity index (χ4v) is 1.09. The molecule has 0 N–H and O–H groups in total. The Hall–Kier alpha value is -2.20. The maximum absolute atomic E-state index is 8.67. The first-order chi connectivity index (χ1) is 5.86. The second-order valence-electron chi connectivity index (χ2n) is 2.24. The second-order valence-corrected chi connectivity index (χ2v) is 2.24. The summed E-state index contributed by atoms with van der Waals surface area (Å²) in [6.45, 7) is 0. The van der Waals surface area contributed by atoms with E-state index in [0.29, 0.717) is 11.4 Å². The third kappa shape index (κ3) is 0.637. The number of nitrogens with zero attached hydrogens (tertiary/aromatic N) is 4. The van der Waals surface area contributed by atoms with E-state index in [1.54, 1.807) is 12.3 Å². The molecule has 2 heterocycles. The second kappa shape index (κ2) is 2.14. The molecule has 4 nitrogen and oxygen atoms in total. The molecule has 2 aliphatic heterocycles. The Bertz CT molecular complexity index is 448. The Morgan fingerprint density at radius 1 is 1.25 bits per heavy atom. The third-order valence-electron chi connectivity index (χ3n) is 1.60. The van der Waals surface area contributed by atoms with Gasteiger partial charge in [-0.3, -0.25) is 4.99 Å². The fourth-order valence-electron chi connectivity index (χ4n) is 1.09. The van der Waals surface area contributed by atoms with Crippen molar-refractivity contribution in [2.45, 2.75) is 0 Å². The molecular weight excluding hydrogens is 152 g/mol. The summed E-state index contributed by atoms with van der Waals surface area (Å²) in [6.07, 6.45) is 3.25. The van der Waals surface area contributed by atoms with E-state index < -0.39 is 0 Å². The van der Waals surface area contributed by atoms with Crippen LogP contribution in [0.4, 0.5) is 0 Å². The van der Waals surface area contributed by atoms with E-state index in [1.165, 1.54) is 0 Å². The molecule has 0 radical (unpaired) electrons. The van der Waals surface area contributed by atoms with Crippen molar-refractivity contribution in [2.75, 3.05) is 0 Å². The zero-order valence-corrected chi connectivity index (χ0v) is 5.94. The number of hydrogen-bond acceptors (Lipinski definition) is 4. The quantitative estimate of drug-likeness (QED) is 0.515. The van der Waals surface area contributed by atoms with Crippen LogP contribution >= 0.6 is 0 Å². The molecule has 0 atom stereocenters. The van der Waals surface area contributed by atoms with Gasteiger partial charge < -0.3 is 0 Å². The number of fused-ring (bicyclic) bond motifs is 1. The van der Waals surface area contributed by atoms with Gasteiger partial charge in [-0.15, -0.1) is 0 Å². The highest BCUT2D eigenvalue weighted by molar-refractivity contribution is 6.18. The van der Waals surface area contributed by atoms with Crippen molar-refractivity contribution in [3.05, 3.63) is 23.0 Å². The highest BCUT2D eigenvalue weighted by Gasteiger charge is 2.24. The van der Waals surface area contributed by atoms with Gasteiger partial charge in [0, 0.05) is 6.21 Å². The summed E-state index contributed by atoms with van der Waals surface area (Å²) < 4.78 is 0. The molecule has 54 valence electrons. The summed E-state index contributed by atoms with van der Waals surface area (Å²) in [7, 11) is 0. The lowest BCUT2D eigenvalue weighted by Gasteiger charge is -1.86. The Balaban J connectivity index is 2.65. The number of allylic oxidation sites excluding steroid dienone is 2. The highest BCUT2D eigenvalue weighted by Crippen LogP contribution is 2.28. The zero-order valence-electron chi connectivity index (χ0n) is 5.94. The molecule has 0 aliphatic carbocycles. The lowest BCUT2D eigenvalue weighted by Crippen LogP contribution is -1.93. The maximum Gasteiger partial charge on any atom is 0.161 e. The minimum absolute atomic E-state index is 0.163. The van der Waals surface area contributed by atoms with E-state index in [0.717, 1.165) is 0 Å². The maximum atomic E-state index is 8.67. The number of aliphatic imine (C=N–C) groups is 2. The molecule has 0 fully saturated rings. The van der Waals surface area contributed by atoms with Crippen molar-refractivity contribution in [3.8, 4) is 12.1 Å². The zero-order chi connectivity index (χ0) is 8.55. The predicted octanol–water partition coefficient (Wildman–Crippen LogP) is 0.711. The van der Waals surface area contributed by atoms with Crippen molar-refractivity contribution in [3.63, 3.8) is 0 Å². The summed E-state index contributed by atoms with van der Waals surface area (Å²) in [5.41, 5.74) is 1.57. The minimum Gasteiger partial charge on any atom is -0.253 e. The van der Waals surface area contributed by atoms with Crippen LogP contribution in [0.5, 0.6) is 0 Å². The van der Waals surface area contributed by atoms with Gasteiger partial charge in [0.15, 0.2) is 5.71 Å². The van der Waals surface area contributed by atoms with E-state index in [1.807, 2.05) is 12.1 Å². The summed E-state index contributed by atoms with van der Waals surface area (Å²) in [5.74, 6) is 0. The highest BCUT2D eigenvalue weighted by atomic mass is 14.9. The van der Waals surface area contributed by atoms with Crippen LogP contribution in [-0.2, 0) is 0 Å². The van der Waals surface area contributed by atoms with Crippen molar-refractivity contribution >= 4 is 11.9 Å². The molecule has 0 unspecified atom stereocenters. The van der Waals surface area contributed by atoms with E-state index >= 15 is 0 Å². The van der Waals surface area contributed by atoms with Crippen molar-refractivity contribution < 1.29 is 0 Å². The van der Waals surface area contributed by atoms with Gasteiger partial charge >= 0.3 is 0 Å². The molecule has 0 aromatic carbocycles. The Morgan fingerprint density at radius 2 is 2.08 bits per heavy atom. The molecule has 0 amide bonds. The molecule has 0 aromatic heterocycles. The van der Waals surface area contributed by atoms with Gasteiger partial charge in [-0.05, 0) is 6.08 Å². The molecule has 4 heteroatoms. The first kappa shape index (κ1) is 6.51. The molecule has 2 rings (SSSR count).